The summed E-state index contributed by atoms with van der Waals surface area (Å²) >= 11 is 3.53. The van der Waals surface area contributed by atoms with Crippen molar-refractivity contribution in [3.63, 3.8) is 0 Å². The van der Waals surface area contributed by atoms with E-state index in [1.165, 1.54) is 51.6 Å². The molecule has 2 fully saturated rings. The van der Waals surface area contributed by atoms with Crippen LogP contribution in [-0.2, 0) is 7.05 Å². The summed E-state index contributed by atoms with van der Waals surface area (Å²) in [5, 5.41) is 8.25. The molecule has 1 aromatic heterocycles. The molecule has 1 unspecified atom stereocenters. The summed E-state index contributed by atoms with van der Waals surface area (Å²) in [4.78, 5) is 2.64. The first kappa shape index (κ1) is 14.4. The van der Waals surface area contributed by atoms with Gasteiger partial charge >= 0.3 is 0 Å². The maximum atomic E-state index is 5.97. The van der Waals surface area contributed by atoms with Crippen LogP contribution in [-0.4, -0.2) is 38.5 Å². The van der Waals surface area contributed by atoms with Crippen LogP contribution in [0.5, 0.6) is 0 Å². The lowest BCUT2D eigenvalue weighted by Crippen LogP contribution is -2.56. The van der Waals surface area contributed by atoms with E-state index in [1.54, 1.807) is 0 Å². The molecule has 112 valence electrons. The molecule has 6 nitrogen and oxygen atoms in total. The Morgan fingerprint density at radius 1 is 1.25 bits per heavy atom. The molecule has 0 aromatic carbocycles. The smallest absolute Gasteiger partial charge is 0.153 e. The highest BCUT2D eigenvalue weighted by atomic mass is 79.9. The first-order valence-corrected chi connectivity index (χ1v) is 8.24. The highest BCUT2D eigenvalue weighted by Crippen LogP contribution is 2.46. The summed E-state index contributed by atoms with van der Waals surface area (Å²) in [6.45, 7) is 2.36. The maximum absolute atomic E-state index is 5.97. The first-order chi connectivity index (χ1) is 9.69. The van der Waals surface area contributed by atoms with Crippen LogP contribution < -0.4 is 11.3 Å². The van der Waals surface area contributed by atoms with Crippen LogP contribution in [0.1, 0.15) is 50.3 Å². The van der Waals surface area contributed by atoms with Gasteiger partial charge in [0.2, 0.25) is 0 Å². The Morgan fingerprint density at radius 3 is 2.40 bits per heavy atom. The summed E-state index contributed by atoms with van der Waals surface area (Å²) in [6, 6.07) is 0.0671. The van der Waals surface area contributed by atoms with Crippen molar-refractivity contribution in [3.05, 3.63) is 10.3 Å². The van der Waals surface area contributed by atoms with Gasteiger partial charge in [0.25, 0.3) is 0 Å². The van der Waals surface area contributed by atoms with Crippen molar-refractivity contribution >= 4 is 15.9 Å². The van der Waals surface area contributed by atoms with Crippen LogP contribution in [0.3, 0.4) is 0 Å². The van der Waals surface area contributed by atoms with E-state index in [0.717, 1.165) is 10.3 Å². The molecule has 0 radical (unpaired) electrons. The Balaban J connectivity index is 2.00. The van der Waals surface area contributed by atoms with Crippen molar-refractivity contribution in [1.29, 1.82) is 0 Å². The standard InChI is InChI=1S/C13H23BrN6/c1-19-10(12(14)17-18-19)11(16-15)13(6-2-3-7-13)20-8-4-5-9-20/h11,16H,2-9,15H2,1H3. The molecule has 1 atom stereocenters. The van der Waals surface area contributed by atoms with Crippen LogP contribution in [0.4, 0.5) is 0 Å². The van der Waals surface area contributed by atoms with Gasteiger partial charge in [-0.15, -0.1) is 5.10 Å². The van der Waals surface area contributed by atoms with Crippen LogP contribution in [0.25, 0.3) is 0 Å². The number of hydrogen-bond donors (Lipinski definition) is 2. The summed E-state index contributed by atoms with van der Waals surface area (Å²) in [5.74, 6) is 5.97. The van der Waals surface area contributed by atoms with Gasteiger partial charge in [0.15, 0.2) is 4.60 Å². The molecule has 0 spiro atoms. The van der Waals surface area contributed by atoms with E-state index in [2.05, 4.69) is 36.6 Å². The third kappa shape index (κ3) is 2.20. The van der Waals surface area contributed by atoms with Crippen molar-refractivity contribution in [2.75, 3.05) is 13.1 Å². The van der Waals surface area contributed by atoms with Gasteiger partial charge in [-0.05, 0) is 54.7 Å². The monoisotopic (exact) mass is 342 g/mol. The molecule has 7 heteroatoms. The fourth-order valence-electron chi connectivity index (χ4n) is 4.07. The van der Waals surface area contributed by atoms with E-state index in [-0.39, 0.29) is 11.6 Å². The molecule has 1 saturated carbocycles. The average molecular weight is 343 g/mol. The minimum Gasteiger partial charge on any atom is -0.296 e. The number of aryl methyl sites for hydroxylation is 1. The largest absolute Gasteiger partial charge is 0.296 e. The Bertz CT molecular complexity index is 442. The number of halogens is 1. The number of nitrogens with one attached hydrogen (secondary N) is 1. The molecule has 2 aliphatic rings. The maximum Gasteiger partial charge on any atom is 0.153 e. The molecule has 0 amide bonds. The normalized spacial score (nSPS) is 24.4. The fourth-order valence-corrected chi connectivity index (χ4v) is 4.63. The molecule has 3 rings (SSSR count). The quantitative estimate of drug-likeness (QED) is 0.640. The highest BCUT2D eigenvalue weighted by Gasteiger charge is 2.48. The van der Waals surface area contributed by atoms with E-state index in [4.69, 9.17) is 5.84 Å². The van der Waals surface area contributed by atoms with Crippen LogP contribution >= 0.6 is 15.9 Å². The van der Waals surface area contributed by atoms with Crippen molar-refractivity contribution in [2.45, 2.75) is 50.1 Å². The molecule has 1 aliphatic carbocycles. The third-order valence-corrected chi connectivity index (χ3v) is 5.57. The zero-order chi connectivity index (χ0) is 14.2. The fraction of sp³-hybridized carbons (Fsp3) is 0.846. The lowest BCUT2D eigenvalue weighted by Gasteiger charge is -2.44. The predicted octanol–water partition coefficient (Wildman–Crippen LogP) is 1.49. The number of rotatable bonds is 4. The summed E-state index contributed by atoms with van der Waals surface area (Å²) in [5.41, 5.74) is 4.24. The molecule has 20 heavy (non-hydrogen) atoms. The van der Waals surface area contributed by atoms with Crippen molar-refractivity contribution in [2.24, 2.45) is 12.9 Å². The van der Waals surface area contributed by atoms with Gasteiger partial charge < -0.3 is 0 Å². The number of nitrogens with two attached hydrogens (primary N) is 1. The number of hydrazine groups is 1. The molecule has 2 heterocycles. The van der Waals surface area contributed by atoms with E-state index >= 15 is 0 Å². The molecule has 3 N–H and O–H groups in total. The van der Waals surface area contributed by atoms with Gasteiger partial charge in [-0.2, -0.15) is 0 Å². The van der Waals surface area contributed by atoms with Crippen molar-refractivity contribution in [3.8, 4) is 0 Å². The van der Waals surface area contributed by atoms with Gasteiger partial charge in [0.1, 0.15) is 0 Å². The second-order valence-corrected chi connectivity index (χ2v) is 6.74. The molecule has 1 aliphatic heterocycles. The number of nitrogens with zero attached hydrogens (tertiary/aromatic N) is 4. The Labute approximate surface area is 128 Å². The van der Waals surface area contributed by atoms with Crippen molar-refractivity contribution in [1.82, 2.24) is 25.3 Å². The minimum atomic E-state index is 0.0671. The highest BCUT2D eigenvalue weighted by molar-refractivity contribution is 9.10. The molecule has 1 aromatic rings. The lowest BCUT2D eigenvalue weighted by atomic mass is 9.84. The zero-order valence-electron chi connectivity index (χ0n) is 12.0. The second kappa shape index (κ2) is 5.71. The molecule has 0 bridgehead atoms. The minimum absolute atomic E-state index is 0.0671. The first-order valence-electron chi connectivity index (χ1n) is 7.45. The Morgan fingerprint density at radius 2 is 1.90 bits per heavy atom. The average Bonchev–Trinajstić information content (AvgIpc) is 3.15. The van der Waals surface area contributed by atoms with Gasteiger partial charge in [-0.25, -0.2) is 10.1 Å². The van der Waals surface area contributed by atoms with Gasteiger partial charge in [-0.3, -0.25) is 10.7 Å². The van der Waals surface area contributed by atoms with Crippen LogP contribution in [0.15, 0.2) is 4.60 Å². The summed E-state index contributed by atoms with van der Waals surface area (Å²) < 4.78 is 2.64. The number of likely N-dealkylation sites (tertiary alicyclic amines) is 1. The van der Waals surface area contributed by atoms with E-state index in [0.29, 0.717) is 0 Å². The number of hydrogen-bond acceptors (Lipinski definition) is 5. The third-order valence-electron chi connectivity index (χ3n) is 5.01. The van der Waals surface area contributed by atoms with Gasteiger partial charge in [-0.1, -0.05) is 18.1 Å². The topological polar surface area (TPSA) is 72.0 Å². The molecule has 1 saturated heterocycles. The zero-order valence-corrected chi connectivity index (χ0v) is 13.6. The number of aromatic nitrogens is 3. The summed E-state index contributed by atoms with van der Waals surface area (Å²) in [6.07, 6.45) is 7.53. The lowest BCUT2D eigenvalue weighted by molar-refractivity contribution is 0.0728. The molecular weight excluding hydrogens is 320 g/mol. The van der Waals surface area contributed by atoms with Gasteiger partial charge in [0, 0.05) is 12.6 Å². The van der Waals surface area contributed by atoms with Crippen LogP contribution in [0.2, 0.25) is 0 Å². The van der Waals surface area contributed by atoms with E-state index < -0.39 is 0 Å². The second-order valence-electron chi connectivity index (χ2n) is 5.99. The Hall–Kier alpha value is -0.500. The summed E-state index contributed by atoms with van der Waals surface area (Å²) in [7, 11) is 1.93. The SMILES string of the molecule is Cn1nnc(Br)c1C(NN)C1(N2CCCC2)CCCC1. The van der Waals surface area contributed by atoms with E-state index in [9.17, 15) is 0 Å². The van der Waals surface area contributed by atoms with E-state index in [1.807, 2.05) is 11.7 Å². The predicted molar refractivity (Wildman–Crippen MR) is 80.8 cm³/mol. The molecular formula is C13H23BrN6. The van der Waals surface area contributed by atoms with Gasteiger partial charge in [0.05, 0.1) is 11.7 Å². The Kier molecular flexibility index (Phi) is 4.12. The van der Waals surface area contributed by atoms with Crippen LogP contribution in [0, 0.1) is 0 Å². The van der Waals surface area contributed by atoms with Crippen molar-refractivity contribution < 1.29 is 0 Å².